The summed E-state index contributed by atoms with van der Waals surface area (Å²) in [5.74, 6) is -1.58. The molecule has 2 aromatic rings. The first kappa shape index (κ1) is 16.4. The number of rotatable bonds is 5. The second kappa shape index (κ2) is 7.31. The summed E-state index contributed by atoms with van der Waals surface area (Å²) in [5.41, 5.74) is 0.250. The molecule has 0 saturated heterocycles. The molecule has 0 aromatic heterocycles. The molecule has 1 amide bonds. The Morgan fingerprint density at radius 2 is 2.00 bits per heavy atom. The zero-order valence-corrected chi connectivity index (χ0v) is 11.7. The van der Waals surface area contributed by atoms with Crippen LogP contribution >= 0.6 is 0 Å². The smallest absolute Gasteiger partial charge is 0.387 e. The van der Waals surface area contributed by atoms with Crippen molar-refractivity contribution in [3.63, 3.8) is 0 Å². The number of benzene rings is 2. The zero-order chi connectivity index (χ0) is 16.8. The molecule has 1 N–H and O–H groups in total. The number of nitrogens with one attached hydrogen (secondary N) is 1. The number of carbonyl (C=O) groups is 1. The highest BCUT2D eigenvalue weighted by molar-refractivity contribution is 5.96. The summed E-state index contributed by atoms with van der Waals surface area (Å²) in [4.78, 5) is 12.0. The third-order valence-corrected chi connectivity index (χ3v) is 2.97. The number of hydrogen-bond acceptors (Lipinski definition) is 3. The number of nitrogens with zero attached hydrogens (tertiary/aromatic N) is 1. The van der Waals surface area contributed by atoms with Crippen molar-refractivity contribution < 1.29 is 22.7 Å². The topological polar surface area (TPSA) is 62.1 Å². The Kier molecular flexibility index (Phi) is 5.20. The molecule has 0 atom stereocenters. The van der Waals surface area contributed by atoms with E-state index in [0.29, 0.717) is 0 Å². The molecule has 0 unspecified atom stereocenters. The molecule has 0 aliphatic carbocycles. The molecule has 2 rings (SSSR count). The Morgan fingerprint density at radius 3 is 2.65 bits per heavy atom. The van der Waals surface area contributed by atoms with E-state index in [1.165, 1.54) is 36.4 Å². The number of alkyl halides is 2. The van der Waals surface area contributed by atoms with Crippen molar-refractivity contribution in [3.8, 4) is 11.8 Å². The lowest BCUT2D eigenvalue weighted by Crippen LogP contribution is -2.24. The maximum Gasteiger partial charge on any atom is 0.387 e. The van der Waals surface area contributed by atoms with Crippen LogP contribution in [0.5, 0.6) is 5.75 Å². The summed E-state index contributed by atoms with van der Waals surface area (Å²) in [5, 5.41) is 11.1. The quantitative estimate of drug-likeness (QED) is 0.920. The van der Waals surface area contributed by atoms with Crippen LogP contribution in [0.4, 0.5) is 13.2 Å². The van der Waals surface area contributed by atoms with Gasteiger partial charge in [-0.25, -0.2) is 4.39 Å². The van der Waals surface area contributed by atoms with E-state index in [1.807, 2.05) is 0 Å². The number of carbonyl (C=O) groups excluding carboxylic acids is 1. The number of hydrogen-bond donors (Lipinski definition) is 1. The van der Waals surface area contributed by atoms with Gasteiger partial charge in [-0.15, -0.1) is 0 Å². The number of para-hydroxylation sites is 1. The third-order valence-electron chi connectivity index (χ3n) is 2.97. The largest absolute Gasteiger partial charge is 0.434 e. The highest BCUT2D eigenvalue weighted by Crippen LogP contribution is 2.20. The van der Waals surface area contributed by atoms with Gasteiger partial charge in [-0.2, -0.15) is 14.0 Å². The van der Waals surface area contributed by atoms with Gasteiger partial charge in [0.05, 0.1) is 17.2 Å². The van der Waals surface area contributed by atoms with Crippen LogP contribution < -0.4 is 10.1 Å². The average Bonchev–Trinajstić information content (AvgIpc) is 2.53. The van der Waals surface area contributed by atoms with E-state index in [1.54, 1.807) is 6.07 Å². The fourth-order valence-corrected chi connectivity index (χ4v) is 1.88. The van der Waals surface area contributed by atoms with Gasteiger partial charge < -0.3 is 10.1 Å². The molecular formula is C16H11F3N2O2. The SMILES string of the molecule is N#Cc1ccc(CNC(=O)c2ccccc2OC(F)F)c(F)c1. The van der Waals surface area contributed by atoms with Crippen molar-refractivity contribution in [2.24, 2.45) is 0 Å². The minimum Gasteiger partial charge on any atom is -0.434 e. The van der Waals surface area contributed by atoms with Gasteiger partial charge in [0, 0.05) is 12.1 Å². The van der Waals surface area contributed by atoms with Gasteiger partial charge in [-0.3, -0.25) is 4.79 Å². The molecule has 4 nitrogen and oxygen atoms in total. The highest BCUT2D eigenvalue weighted by atomic mass is 19.3. The van der Waals surface area contributed by atoms with Crippen LogP contribution in [0.15, 0.2) is 42.5 Å². The molecule has 0 aliphatic rings. The number of amides is 1. The number of nitriles is 1. The van der Waals surface area contributed by atoms with Crippen LogP contribution in [-0.4, -0.2) is 12.5 Å². The molecule has 23 heavy (non-hydrogen) atoms. The second-order valence-electron chi connectivity index (χ2n) is 4.48. The lowest BCUT2D eigenvalue weighted by molar-refractivity contribution is -0.0501. The van der Waals surface area contributed by atoms with Crippen molar-refractivity contribution in [2.45, 2.75) is 13.2 Å². The summed E-state index contributed by atoms with van der Waals surface area (Å²) in [6.07, 6.45) is 0. The lowest BCUT2D eigenvalue weighted by Gasteiger charge is -2.11. The van der Waals surface area contributed by atoms with Crippen LogP contribution in [0.25, 0.3) is 0 Å². The third kappa shape index (κ3) is 4.23. The maximum atomic E-state index is 13.7. The Bertz CT molecular complexity index is 757. The Labute approximate surface area is 130 Å². The van der Waals surface area contributed by atoms with E-state index >= 15 is 0 Å². The molecular weight excluding hydrogens is 309 g/mol. The summed E-state index contributed by atoms with van der Waals surface area (Å²) >= 11 is 0. The van der Waals surface area contributed by atoms with Gasteiger partial charge in [0.15, 0.2) is 0 Å². The predicted octanol–water partition coefficient (Wildman–Crippen LogP) is 3.23. The first-order chi connectivity index (χ1) is 11.0. The summed E-state index contributed by atoms with van der Waals surface area (Å²) in [7, 11) is 0. The van der Waals surface area contributed by atoms with E-state index in [-0.39, 0.29) is 29.0 Å². The van der Waals surface area contributed by atoms with Gasteiger partial charge in [-0.05, 0) is 24.3 Å². The molecule has 0 radical (unpaired) electrons. The number of ether oxygens (including phenoxy) is 1. The zero-order valence-electron chi connectivity index (χ0n) is 11.7. The van der Waals surface area contributed by atoms with Crippen LogP contribution in [0.2, 0.25) is 0 Å². The van der Waals surface area contributed by atoms with E-state index in [2.05, 4.69) is 10.1 Å². The molecule has 0 bridgehead atoms. The molecule has 0 aliphatic heterocycles. The average molecular weight is 320 g/mol. The van der Waals surface area contributed by atoms with Crippen molar-refractivity contribution in [1.82, 2.24) is 5.32 Å². The Morgan fingerprint density at radius 1 is 1.26 bits per heavy atom. The normalized spacial score (nSPS) is 10.2. The van der Waals surface area contributed by atoms with Gasteiger partial charge in [0.2, 0.25) is 0 Å². The van der Waals surface area contributed by atoms with Crippen LogP contribution in [0, 0.1) is 17.1 Å². The van der Waals surface area contributed by atoms with E-state index in [0.717, 1.165) is 6.07 Å². The number of halogens is 3. The summed E-state index contributed by atoms with van der Waals surface area (Å²) in [6, 6.07) is 11.1. The Hall–Kier alpha value is -3.01. The first-order valence-corrected chi connectivity index (χ1v) is 6.52. The summed E-state index contributed by atoms with van der Waals surface area (Å²) in [6.45, 7) is -3.21. The van der Waals surface area contributed by atoms with Gasteiger partial charge in [-0.1, -0.05) is 18.2 Å². The van der Waals surface area contributed by atoms with Crippen molar-refractivity contribution in [1.29, 1.82) is 5.26 Å². The molecule has 118 valence electrons. The lowest BCUT2D eigenvalue weighted by atomic mass is 10.1. The molecule has 0 spiro atoms. The highest BCUT2D eigenvalue weighted by Gasteiger charge is 2.15. The molecule has 0 saturated carbocycles. The van der Waals surface area contributed by atoms with Crippen molar-refractivity contribution in [2.75, 3.05) is 0 Å². The van der Waals surface area contributed by atoms with E-state index < -0.39 is 18.3 Å². The monoisotopic (exact) mass is 320 g/mol. The van der Waals surface area contributed by atoms with E-state index in [4.69, 9.17) is 5.26 Å². The standard InChI is InChI=1S/C16H11F3N2O2/c17-13-7-10(8-20)5-6-11(13)9-21-15(22)12-3-1-2-4-14(12)23-16(18)19/h1-7,16H,9H2,(H,21,22). The Balaban J connectivity index is 2.10. The van der Waals surface area contributed by atoms with Gasteiger partial charge in [0.1, 0.15) is 11.6 Å². The van der Waals surface area contributed by atoms with Gasteiger partial charge >= 0.3 is 6.61 Å². The van der Waals surface area contributed by atoms with Crippen LogP contribution in [0.1, 0.15) is 21.5 Å². The molecule has 0 heterocycles. The fraction of sp³-hybridized carbons (Fsp3) is 0.125. The first-order valence-electron chi connectivity index (χ1n) is 6.52. The molecule has 0 fully saturated rings. The van der Waals surface area contributed by atoms with Crippen LogP contribution in [-0.2, 0) is 6.54 Å². The van der Waals surface area contributed by atoms with E-state index in [9.17, 15) is 18.0 Å². The fourth-order valence-electron chi connectivity index (χ4n) is 1.88. The van der Waals surface area contributed by atoms with Crippen molar-refractivity contribution >= 4 is 5.91 Å². The maximum absolute atomic E-state index is 13.7. The molecule has 2 aromatic carbocycles. The van der Waals surface area contributed by atoms with Crippen LogP contribution in [0.3, 0.4) is 0 Å². The summed E-state index contributed by atoms with van der Waals surface area (Å²) < 4.78 is 42.6. The van der Waals surface area contributed by atoms with Gasteiger partial charge in [0.25, 0.3) is 5.91 Å². The minimum atomic E-state index is -3.06. The predicted molar refractivity (Wildman–Crippen MR) is 75.4 cm³/mol. The molecule has 7 heteroatoms. The second-order valence-corrected chi connectivity index (χ2v) is 4.48. The van der Waals surface area contributed by atoms with Crippen molar-refractivity contribution in [3.05, 3.63) is 65.0 Å². The minimum absolute atomic E-state index is 0.0816.